The molecule has 0 unspecified atom stereocenters. The highest BCUT2D eigenvalue weighted by Gasteiger charge is 2.26. The normalized spacial score (nSPS) is 14.4. The van der Waals surface area contributed by atoms with Crippen LogP contribution in [0.5, 0.6) is 0 Å². The minimum Gasteiger partial charge on any atom is -0.412 e. The van der Waals surface area contributed by atoms with E-state index in [9.17, 15) is 9.18 Å². The van der Waals surface area contributed by atoms with Gasteiger partial charge in [-0.3, -0.25) is 4.79 Å². The van der Waals surface area contributed by atoms with Crippen LogP contribution in [0.3, 0.4) is 0 Å². The molecule has 1 fully saturated rings. The average Bonchev–Trinajstić information content (AvgIpc) is 3.18. The lowest BCUT2D eigenvalue weighted by atomic mass is 10.2. The van der Waals surface area contributed by atoms with Crippen LogP contribution in [0.2, 0.25) is 5.02 Å². The SMILES string of the molecule is O=C(c1nnc(-c2cccc(F)c2)o1)N1CCN(c2cccc(Cl)c2)CC1. The van der Waals surface area contributed by atoms with Crippen LogP contribution in [0.25, 0.3) is 11.5 Å². The van der Waals surface area contributed by atoms with Crippen molar-refractivity contribution in [2.75, 3.05) is 31.1 Å². The number of carbonyl (C=O) groups excluding carboxylic acids is 1. The van der Waals surface area contributed by atoms with E-state index >= 15 is 0 Å². The molecule has 0 aliphatic carbocycles. The molecule has 1 aliphatic rings. The summed E-state index contributed by atoms with van der Waals surface area (Å²) in [5.74, 6) is -0.701. The fourth-order valence-corrected chi connectivity index (χ4v) is 3.21. The molecule has 2 aromatic carbocycles. The molecule has 1 aliphatic heterocycles. The van der Waals surface area contributed by atoms with Crippen LogP contribution in [0.15, 0.2) is 52.9 Å². The number of halogens is 2. The molecule has 1 aromatic heterocycles. The topological polar surface area (TPSA) is 62.5 Å². The third kappa shape index (κ3) is 3.78. The Labute approximate surface area is 160 Å². The van der Waals surface area contributed by atoms with Crippen LogP contribution in [0.4, 0.5) is 10.1 Å². The monoisotopic (exact) mass is 386 g/mol. The van der Waals surface area contributed by atoms with E-state index in [1.165, 1.54) is 12.1 Å². The molecular weight excluding hydrogens is 371 g/mol. The summed E-state index contributed by atoms with van der Waals surface area (Å²) < 4.78 is 18.8. The maximum Gasteiger partial charge on any atom is 0.311 e. The van der Waals surface area contributed by atoms with E-state index in [2.05, 4.69) is 15.1 Å². The molecule has 0 saturated carbocycles. The second-order valence-electron chi connectivity index (χ2n) is 6.18. The molecule has 0 N–H and O–H groups in total. The third-order valence-corrected chi connectivity index (χ3v) is 4.65. The van der Waals surface area contributed by atoms with Crippen molar-refractivity contribution in [3.63, 3.8) is 0 Å². The predicted octanol–water partition coefficient (Wildman–Crippen LogP) is 3.49. The first kappa shape index (κ1) is 17.5. The Hall–Kier alpha value is -2.93. The molecule has 0 bridgehead atoms. The second kappa shape index (κ2) is 7.36. The van der Waals surface area contributed by atoms with Gasteiger partial charge in [-0.15, -0.1) is 10.2 Å². The van der Waals surface area contributed by atoms with Gasteiger partial charge >= 0.3 is 11.8 Å². The van der Waals surface area contributed by atoms with E-state index in [-0.39, 0.29) is 17.7 Å². The van der Waals surface area contributed by atoms with Gasteiger partial charge in [0.2, 0.25) is 5.89 Å². The molecule has 8 heteroatoms. The first-order chi connectivity index (χ1) is 13.1. The molecule has 27 heavy (non-hydrogen) atoms. The van der Waals surface area contributed by atoms with E-state index in [1.807, 2.05) is 24.3 Å². The number of aromatic nitrogens is 2. The third-order valence-electron chi connectivity index (χ3n) is 4.42. The van der Waals surface area contributed by atoms with Crippen molar-refractivity contribution in [2.24, 2.45) is 0 Å². The summed E-state index contributed by atoms with van der Waals surface area (Å²) in [6.45, 7) is 2.42. The van der Waals surface area contributed by atoms with Crippen LogP contribution in [-0.2, 0) is 0 Å². The van der Waals surface area contributed by atoms with Crippen molar-refractivity contribution in [3.8, 4) is 11.5 Å². The minimum atomic E-state index is -0.407. The van der Waals surface area contributed by atoms with Crippen LogP contribution in [0, 0.1) is 5.82 Å². The molecule has 138 valence electrons. The summed E-state index contributed by atoms with van der Waals surface area (Å²) in [5, 5.41) is 8.37. The van der Waals surface area contributed by atoms with Gasteiger partial charge in [0.05, 0.1) is 0 Å². The van der Waals surface area contributed by atoms with E-state index in [4.69, 9.17) is 16.0 Å². The van der Waals surface area contributed by atoms with Gasteiger partial charge in [-0.2, -0.15) is 0 Å². The molecule has 0 spiro atoms. The highest BCUT2D eigenvalue weighted by atomic mass is 35.5. The number of nitrogens with zero attached hydrogens (tertiary/aromatic N) is 4. The number of rotatable bonds is 3. The van der Waals surface area contributed by atoms with Gasteiger partial charge in [0.25, 0.3) is 0 Å². The van der Waals surface area contributed by atoms with Crippen LogP contribution >= 0.6 is 11.6 Å². The average molecular weight is 387 g/mol. The molecule has 6 nitrogen and oxygen atoms in total. The number of piperazine rings is 1. The summed E-state index contributed by atoms with van der Waals surface area (Å²) in [6.07, 6.45) is 0. The number of hydrogen-bond donors (Lipinski definition) is 0. The summed E-state index contributed by atoms with van der Waals surface area (Å²) in [4.78, 5) is 16.5. The van der Waals surface area contributed by atoms with Gasteiger partial charge in [0.15, 0.2) is 0 Å². The van der Waals surface area contributed by atoms with Gasteiger partial charge in [-0.05, 0) is 36.4 Å². The summed E-state index contributed by atoms with van der Waals surface area (Å²) in [5.41, 5.74) is 1.47. The fourth-order valence-electron chi connectivity index (χ4n) is 3.02. The molecule has 0 atom stereocenters. The first-order valence-corrected chi connectivity index (χ1v) is 8.87. The fraction of sp³-hybridized carbons (Fsp3) is 0.211. The molecule has 1 amide bonds. The van der Waals surface area contributed by atoms with Crippen molar-refractivity contribution in [1.82, 2.24) is 15.1 Å². The van der Waals surface area contributed by atoms with Crippen LogP contribution in [-0.4, -0.2) is 47.2 Å². The van der Waals surface area contributed by atoms with E-state index < -0.39 is 5.82 Å². The Kier molecular flexibility index (Phi) is 4.77. The second-order valence-corrected chi connectivity index (χ2v) is 6.62. The number of anilines is 1. The smallest absolute Gasteiger partial charge is 0.311 e. The van der Waals surface area contributed by atoms with Crippen LogP contribution < -0.4 is 4.90 Å². The molecule has 1 saturated heterocycles. The molecule has 2 heterocycles. The van der Waals surface area contributed by atoms with Gasteiger partial charge in [-0.25, -0.2) is 4.39 Å². The quantitative estimate of drug-likeness (QED) is 0.689. The van der Waals surface area contributed by atoms with Crippen molar-refractivity contribution in [1.29, 1.82) is 0 Å². The number of carbonyl (C=O) groups is 1. The Morgan fingerprint density at radius 3 is 2.56 bits per heavy atom. The maximum absolute atomic E-state index is 13.3. The molecule has 4 rings (SSSR count). The lowest BCUT2D eigenvalue weighted by molar-refractivity contribution is 0.0707. The standard InChI is InChI=1S/C19H16ClFN4O2/c20-14-4-2-6-16(12-14)24-7-9-25(10-8-24)19(26)18-23-22-17(27-18)13-3-1-5-15(21)11-13/h1-6,11-12H,7-10H2. The lowest BCUT2D eigenvalue weighted by Crippen LogP contribution is -2.48. The maximum atomic E-state index is 13.3. The van der Waals surface area contributed by atoms with Gasteiger partial charge in [0, 0.05) is 42.5 Å². The Bertz CT molecular complexity index is 970. The van der Waals surface area contributed by atoms with Crippen molar-refractivity contribution >= 4 is 23.2 Å². The zero-order valence-electron chi connectivity index (χ0n) is 14.3. The Morgan fingerprint density at radius 1 is 1.04 bits per heavy atom. The van der Waals surface area contributed by atoms with Crippen molar-refractivity contribution < 1.29 is 13.6 Å². The summed E-state index contributed by atoms with van der Waals surface area (Å²) in [7, 11) is 0. The number of benzene rings is 2. The molecule has 3 aromatic rings. The van der Waals surface area contributed by atoms with Gasteiger partial charge < -0.3 is 14.2 Å². The first-order valence-electron chi connectivity index (χ1n) is 8.49. The molecule has 0 radical (unpaired) electrons. The zero-order valence-corrected chi connectivity index (χ0v) is 15.1. The zero-order chi connectivity index (χ0) is 18.8. The number of hydrogen-bond acceptors (Lipinski definition) is 5. The highest BCUT2D eigenvalue weighted by molar-refractivity contribution is 6.30. The van der Waals surface area contributed by atoms with Gasteiger partial charge in [0.1, 0.15) is 5.82 Å². The van der Waals surface area contributed by atoms with Crippen LogP contribution in [0.1, 0.15) is 10.7 Å². The van der Waals surface area contributed by atoms with E-state index in [0.717, 1.165) is 5.69 Å². The summed E-state index contributed by atoms with van der Waals surface area (Å²) >= 11 is 6.04. The highest BCUT2D eigenvalue weighted by Crippen LogP contribution is 2.22. The minimum absolute atomic E-state index is 0.0922. The van der Waals surface area contributed by atoms with E-state index in [1.54, 1.807) is 17.0 Å². The van der Waals surface area contributed by atoms with Gasteiger partial charge in [-0.1, -0.05) is 23.7 Å². The largest absolute Gasteiger partial charge is 0.412 e. The van der Waals surface area contributed by atoms with E-state index in [0.29, 0.717) is 36.8 Å². The lowest BCUT2D eigenvalue weighted by Gasteiger charge is -2.35. The predicted molar refractivity (Wildman–Crippen MR) is 99.3 cm³/mol. The van der Waals surface area contributed by atoms with Crippen molar-refractivity contribution in [2.45, 2.75) is 0 Å². The Balaban J connectivity index is 1.42. The van der Waals surface area contributed by atoms with Crippen molar-refractivity contribution in [3.05, 3.63) is 65.3 Å². The molecular formula is C19H16ClFN4O2. The summed E-state index contributed by atoms with van der Waals surface area (Å²) in [6, 6.07) is 13.4. The Morgan fingerprint density at radius 2 is 1.81 bits per heavy atom. The number of amides is 1.